The number of pyridine rings is 1. The first kappa shape index (κ1) is 18.3. The maximum Gasteiger partial charge on any atom is 0.267 e. The van der Waals surface area contributed by atoms with Gasteiger partial charge in [0.15, 0.2) is 5.75 Å². The van der Waals surface area contributed by atoms with Gasteiger partial charge in [0.2, 0.25) is 0 Å². The van der Waals surface area contributed by atoms with Crippen LogP contribution in [-0.2, 0) is 6.54 Å². The molecule has 0 aliphatic heterocycles. The number of benzene rings is 1. The highest BCUT2D eigenvalue weighted by molar-refractivity contribution is 7.17. The van der Waals surface area contributed by atoms with Crippen molar-refractivity contribution in [1.29, 1.82) is 0 Å². The van der Waals surface area contributed by atoms with Gasteiger partial charge in [0, 0.05) is 12.2 Å². The molecule has 0 aliphatic rings. The summed E-state index contributed by atoms with van der Waals surface area (Å²) in [5.41, 5.74) is 0.226. The van der Waals surface area contributed by atoms with Gasteiger partial charge in [-0.1, -0.05) is 18.5 Å². The fourth-order valence-corrected chi connectivity index (χ4v) is 3.84. The third kappa shape index (κ3) is 3.15. The molecule has 0 bridgehead atoms. The minimum atomic E-state index is -0.686. The molecule has 0 spiro atoms. The zero-order valence-corrected chi connectivity index (χ0v) is 15.8. The van der Waals surface area contributed by atoms with Gasteiger partial charge in [-0.15, -0.1) is 11.3 Å². The predicted octanol–water partition coefficient (Wildman–Crippen LogP) is 4.09. The second-order valence-corrected chi connectivity index (χ2v) is 6.94. The molecule has 6 nitrogen and oxygen atoms in total. The fourth-order valence-electron chi connectivity index (χ4n) is 2.74. The molecule has 0 radical (unpaired) electrons. The molecular weight excluding hydrogens is 376 g/mol. The summed E-state index contributed by atoms with van der Waals surface area (Å²) in [6, 6.07) is 6.49. The predicted molar refractivity (Wildman–Crippen MR) is 104 cm³/mol. The Morgan fingerprint density at radius 3 is 2.81 bits per heavy atom. The molecule has 0 fully saturated rings. The minimum absolute atomic E-state index is 0.277. The summed E-state index contributed by atoms with van der Waals surface area (Å²) in [4.78, 5) is 25.5. The number of nitrogens with one attached hydrogen (secondary N) is 1. The second kappa shape index (κ2) is 7.39. The Balaban J connectivity index is 2.05. The number of anilines is 1. The van der Waals surface area contributed by atoms with E-state index in [9.17, 15) is 14.7 Å². The maximum absolute atomic E-state index is 12.8. The highest BCUT2D eigenvalue weighted by atomic mass is 35.5. The van der Waals surface area contributed by atoms with Crippen molar-refractivity contribution < 1.29 is 14.6 Å². The Bertz CT molecular complexity index is 1040. The molecule has 0 saturated heterocycles. The lowest BCUT2D eigenvalue weighted by Crippen LogP contribution is -2.29. The summed E-state index contributed by atoms with van der Waals surface area (Å²) in [5, 5.41) is 15.2. The number of ether oxygens (including phenoxy) is 1. The van der Waals surface area contributed by atoms with Gasteiger partial charge in [-0.25, -0.2) is 0 Å². The number of carbonyl (C=O) groups is 1. The quantitative estimate of drug-likeness (QED) is 0.685. The van der Waals surface area contributed by atoms with Crippen LogP contribution in [0, 0.1) is 0 Å². The fraction of sp³-hybridized carbons (Fsp3) is 0.222. The van der Waals surface area contributed by atoms with E-state index < -0.39 is 11.5 Å². The summed E-state index contributed by atoms with van der Waals surface area (Å²) in [6.07, 6.45) is 0.727. The van der Waals surface area contributed by atoms with Gasteiger partial charge in [0.05, 0.1) is 22.3 Å². The van der Waals surface area contributed by atoms with Crippen molar-refractivity contribution in [2.75, 3.05) is 12.4 Å². The minimum Gasteiger partial charge on any atom is -0.505 e. The first-order chi connectivity index (χ1) is 12.5. The number of hydrogen-bond acceptors (Lipinski definition) is 5. The lowest BCUT2D eigenvalue weighted by atomic mass is 10.2. The third-order valence-electron chi connectivity index (χ3n) is 3.93. The number of hydrogen-bond donors (Lipinski definition) is 2. The van der Waals surface area contributed by atoms with Crippen LogP contribution in [0.25, 0.3) is 10.2 Å². The SMILES string of the molecule is CCCn1c(=O)c(C(=O)Nc2ccc(OC)c(Cl)c2)c(O)c2sccc21. The van der Waals surface area contributed by atoms with Gasteiger partial charge in [0.25, 0.3) is 11.5 Å². The van der Waals surface area contributed by atoms with E-state index in [2.05, 4.69) is 5.32 Å². The Morgan fingerprint density at radius 2 is 2.15 bits per heavy atom. The molecule has 1 aromatic carbocycles. The van der Waals surface area contributed by atoms with Crippen molar-refractivity contribution >= 4 is 44.7 Å². The monoisotopic (exact) mass is 392 g/mol. The third-order valence-corrected chi connectivity index (χ3v) is 5.14. The van der Waals surface area contributed by atoms with E-state index in [1.165, 1.54) is 29.1 Å². The lowest BCUT2D eigenvalue weighted by Gasteiger charge is -2.12. The summed E-state index contributed by atoms with van der Waals surface area (Å²) >= 11 is 7.34. The van der Waals surface area contributed by atoms with Crippen LogP contribution < -0.4 is 15.6 Å². The normalized spacial score (nSPS) is 10.9. The molecular formula is C18H17ClN2O4S. The molecule has 2 heterocycles. The number of rotatable bonds is 5. The van der Waals surface area contributed by atoms with Crippen molar-refractivity contribution in [3.05, 3.63) is 50.6 Å². The van der Waals surface area contributed by atoms with Crippen LogP contribution in [0.4, 0.5) is 5.69 Å². The zero-order valence-electron chi connectivity index (χ0n) is 14.2. The molecule has 2 N–H and O–H groups in total. The number of aryl methyl sites for hydroxylation is 1. The van der Waals surface area contributed by atoms with Gasteiger partial charge in [-0.2, -0.15) is 0 Å². The number of fused-ring (bicyclic) bond motifs is 1. The molecule has 1 amide bonds. The standard InChI is InChI=1S/C18H17ClN2O4S/c1-3-7-21-12-6-8-26-16(12)15(22)14(18(21)24)17(23)20-10-4-5-13(25-2)11(19)9-10/h4-6,8-9,22H,3,7H2,1-2H3,(H,20,23). The molecule has 0 saturated carbocycles. The Labute approximate surface area is 158 Å². The number of methoxy groups -OCH3 is 1. The highest BCUT2D eigenvalue weighted by Crippen LogP contribution is 2.32. The van der Waals surface area contributed by atoms with E-state index in [4.69, 9.17) is 16.3 Å². The van der Waals surface area contributed by atoms with E-state index in [1.807, 2.05) is 6.92 Å². The maximum atomic E-state index is 12.8. The smallest absolute Gasteiger partial charge is 0.267 e. The van der Waals surface area contributed by atoms with Gasteiger partial charge in [-0.05, 0) is 36.1 Å². The van der Waals surface area contributed by atoms with Crippen molar-refractivity contribution in [3.63, 3.8) is 0 Å². The zero-order chi connectivity index (χ0) is 18.8. The average Bonchev–Trinajstić information content (AvgIpc) is 3.09. The molecule has 0 unspecified atom stereocenters. The van der Waals surface area contributed by atoms with Gasteiger partial charge in [-0.3, -0.25) is 9.59 Å². The lowest BCUT2D eigenvalue weighted by molar-refractivity contribution is 0.102. The molecule has 3 aromatic rings. The Morgan fingerprint density at radius 1 is 1.38 bits per heavy atom. The van der Waals surface area contributed by atoms with Crippen LogP contribution in [0.15, 0.2) is 34.4 Å². The van der Waals surface area contributed by atoms with Crippen molar-refractivity contribution in [1.82, 2.24) is 4.57 Å². The molecule has 26 heavy (non-hydrogen) atoms. The first-order valence-corrected chi connectivity index (χ1v) is 9.21. The summed E-state index contributed by atoms with van der Waals surface area (Å²) in [5.74, 6) is -0.517. The van der Waals surface area contributed by atoms with E-state index >= 15 is 0 Å². The van der Waals surface area contributed by atoms with Crippen molar-refractivity contribution in [2.24, 2.45) is 0 Å². The number of aromatic nitrogens is 1. The Kier molecular flexibility index (Phi) is 5.20. The number of nitrogens with zero attached hydrogens (tertiary/aromatic N) is 1. The molecule has 0 aliphatic carbocycles. The van der Waals surface area contributed by atoms with Gasteiger partial charge in [0.1, 0.15) is 11.3 Å². The van der Waals surface area contributed by atoms with Crippen LogP contribution >= 0.6 is 22.9 Å². The number of thiophene rings is 1. The number of amides is 1. The number of aromatic hydroxyl groups is 1. The number of carbonyl (C=O) groups excluding carboxylic acids is 1. The molecule has 136 valence electrons. The summed E-state index contributed by atoms with van der Waals surface area (Å²) in [7, 11) is 1.49. The molecule has 3 rings (SSSR count). The van der Waals surface area contributed by atoms with Crippen LogP contribution in [-0.4, -0.2) is 22.7 Å². The highest BCUT2D eigenvalue weighted by Gasteiger charge is 2.23. The molecule has 8 heteroatoms. The van der Waals surface area contributed by atoms with Crippen molar-refractivity contribution in [3.8, 4) is 11.5 Å². The summed E-state index contributed by atoms with van der Waals surface area (Å²) < 4.78 is 7.10. The van der Waals surface area contributed by atoms with Crippen LogP contribution in [0.5, 0.6) is 11.5 Å². The second-order valence-electron chi connectivity index (χ2n) is 5.62. The molecule has 0 atom stereocenters. The van der Waals surface area contributed by atoms with E-state index in [0.717, 1.165) is 6.42 Å². The topological polar surface area (TPSA) is 80.6 Å². The van der Waals surface area contributed by atoms with Crippen LogP contribution in [0.1, 0.15) is 23.7 Å². The van der Waals surface area contributed by atoms with Crippen LogP contribution in [0.2, 0.25) is 5.02 Å². The largest absolute Gasteiger partial charge is 0.505 e. The van der Waals surface area contributed by atoms with Crippen LogP contribution in [0.3, 0.4) is 0 Å². The molecule has 2 aromatic heterocycles. The van der Waals surface area contributed by atoms with Crippen molar-refractivity contribution in [2.45, 2.75) is 19.9 Å². The first-order valence-electron chi connectivity index (χ1n) is 7.95. The summed E-state index contributed by atoms with van der Waals surface area (Å²) in [6.45, 7) is 2.40. The van der Waals surface area contributed by atoms with E-state index in [-0.39, 0.29) is 11.3 Å². The van der Waals surface area contributed by atoms with Gasteiger partial charge >= 0.3 is 0 Å². The van der Waals surface area contributed by atoms with E-state index in [1.54, 1.807) is 23.6 Å². The van der Waals surface area contributed by atoms with Gasteiger partial charge < -0.3 is 19.7 Å². The Hall–Kier alpha value is -2.51. The number of halogens is 1. The average molecular weight is 393 g/mol. The van der Waals surface area contributed by atoms with E-state index in [0.29, 0.717) is 33.2 Å².